The minimum absolute atomic E-state index is 0.0672. The van der Waals surface area contributed by atoms with E-state index in [-0.39, 0.29) is 22.7 Å². The van der Waals surface area contributed by atoms with Gasteiger partial charge in [0, 0.05) is 16.3 Å². The van der Waals surface area contributed by atoms with Gasteiger partial charge in [-0.05, 0) is 48.9 Å². The third kappa shape index (κ3) is 4.58. The largest absolute Gasteiger partial charge is 0.411 e. The zero-order valence-electron chi connectivity index (χ0n) is 13.1. The highest BCUT2D eigenvalue weighted by molar-refractivity contribution is 7.99. The molecule has 2 aromatic carbocycles. The Hall–Kier alpha value is -2.38. The van der Waals surface area contributed by atoms with Crippen LogP contribution in [0.5, 0.6) is 0 Å². The summed E-state index contributed by atoms with van der Waals surface area (Å²) in [5.41, 5.74) is 1.66. The molecule has 8 heteroatoms. The second kappa shape index (κ2) is 7.67. The van der Waals surface area contributed by atoms with Gasteiger partial charge >= 0.3 is 0 Å². The molecule has 1 amide bonds. The Labute approximate surface area is 152 Å². The minimum Gasteiger partial charge on any atom is -0.411 e. The number of benzene rings is 2. The average Bonchev–Trinajstić information content (AvgIpc) is 3.06. The summed E-state index contributed by atoms with van der Waals surface area (Å²) >= 11 is 6.94. The van der Waals surface area contributed by atoms with Gasteiger partial charge in [0.1, 0.15) is 5.82 Å². The smallest absolute Gasteiger partial charge is 0.277 e. The first-order valence-corrected chi connectivity index (χ1v) is 8.66. The number of hydrogen-bond donors (Lipinski definition) is 1. The quantitative estimate of drug-likeness (QED) is 0.660. The Morgan fingerprint density at radius 1 is 1.24 bits per heavy atom. The number of carbonyl (C=O) groups excluding carboxylic acids is 1. The van der Waals surface area contributed by atoms with E-state index in [4.69, 9.17) is 16.0 Å². The fourth-order valence-electron chi connectivity index (χ4n) is 1.97. The molecule has 0 radical (unpaired) electrons. The van der Waals surface area contributed by atoms with E-state index in [2.05, 4.69) is 15.5 Å². The van der Waals surface area contributed by atoms with E-state index in [0.717, 1.165) is 17.3 Å². The summed E-state index contributed by atoms with van der Waals surface area (Å²) in [5.74, 6) is -0.243. The van der Waals surface area contributed by atoms with Crippen LogP contribution in [-0.2, 0) is 4.79 Å². The molecular weight excluding hydrogens is 365 g/mol. The Kier molecular flexibility index (Phi) is 5.35. The van der Waals surface area contributed by atoms with Gasteiger partial charge < -0.3 is 9.73 Å². The predicted octanol–water partition coefficient (Wildman–Crippen LogP) is 4.57. The first-order chi connectivity index (χ1) is 12.0. The van der Waals surface area contributed by atoms with Gasteiger partial charge in [0.15, 0.2) is 0 Å². The molecule has 128 valence electrons. The Morgan fingerprint density at radius 2 is 2.00 bits per heavy atom. The van der Waals surface area contributed by atoms with Gasteiger partial charge in [0.2, 0.25) is 11.8 Å². The van der Waals surface area contributed by atoms with Gasteiger partial charge in [-0.1, -0.05) is 29.4 Å². The van der Waals surface area contributed by atoms with Crippen molar-refractivity contribution in [3.05, 3.63) is 58.9 Å². The predicted molar refractivity (Wildman–Crippen MR) is 95.2 cm³/mol. The minimum atomic E-state index is -0.366. The number of hydrogen-bond acceptors (Lipinski definition) is 5. The van der Waals surface area contributed by atoms with E-state index >= 15 is 0 Å². The van der Waals surface area contributed by atoms with Crippen LogP contribution in [0.15, 0.2) is 52.1 Å². The van der Waals surface area contributed by atoms with E-state index in [1.165, 1.54) is 6.07 Å². The molecular formula is C17H13ClFN3O2S. The fraction of sp³-hybridized carbons (Fsp3) is 0.118. The van der Waals surface area contributed by atoms with Crippen molar-refractivity contribution in [2.45, 2.75) is 12.1 Å². The summed E-state index contributed by atoms with van der Waals surface area (Å²) in [6, 6.07) is 11.5. The van der Waals surface area contributed by atoms with Crippen LogP contribution in [0.4, 0.5) is 10.1 Å². The molecule has 0 aliphatic heterocycles. The lowest BCUT2D eigenvalue weighted by Crippen LogP contribution is -2.14. The summed E-state index contributed by atoms with van der Waals surface area (Å²) in [4.78, 5) is 11.9. The van der Waals surface area contributed by atoms with Crippen molar-refractivity contribution in [2.24, 2.45) is 0 Å². The van der Waals surface area contributed by atoms with Crippen LogP contribution in [0.2, 0.25) is 5.02 Å². The number of anilines is 1. The van der Waals surface area contributed by atoms with E-state index in [1.807, 2.05) is 0 Å². The van der Waals surface area contributed by atoms with Crippen LogP contribution < -0.4 is 5.32 Å². The first-order valence-electron chi connectivity index (χ1n) is 7.29. The number of amides is 1. The van der Waals surface area contributed by atoms with Gasteiger partial charge in [-0.2, -0.15) is 0 Å². The van der Waals surface area contributed by atoms with Crippen LogP contribution in [-0.4, -0.2) is 21.9 Å². The van der Waals surface area contributed by atoms with Gasteiger partial charge in [-0.15, -0.1) is 10.2 Å². The SMILES string of the molecule is Cc1ccc(NC(=O)CSc2nnc(-c3ccc(Cl)cc3)o2)cc1F. The van der Waals surface area contributed by atoms with Crippen molar-refractivity contribution in [2.75, 3.05) is 11.1 Å². The van der Waals surface area contributed by atoms with Crippen LogP contribution in [0.3, 0.4) is 0 Å². The molecule has 25 heavy (non-hydrogen) atoms. The molecule has 3 aromatic rings. The van der Waals surface area contributed by atoms with Crippen molar-refractivity contribution in [1.82, 2.24) is 10.2 Å². The van der Waals surface area contributed by atoms with E-state index < -0.39 is 0 Å². The number of halogens is 2. The number of thioether (sulfide) groups is 1. The number of nitrogens with zero attached hydrogens (tertiary/aromatic N) is 2. The van der Waals surface area contributed by atoms with Crippen LogP contribution >= 0.6 is 23.4 Å². The molecule has 0 fully saturated rings. The molecule has 5 nitrogen and oxygen atoms in total. The molecule has 0 bridgehead atoms. The second-order valence-electron chi connectivity index (χ2n) is 5.18. The molecule has 0 saturated heterocycles. The fourth-order valence-corrected chi connectivity index (χ4v) is 2.66. The first kappa shape index (κ1) is 17.4. The van der Waals surface area contributed by atoms with Crippen LogP contribution in [0.25, 0.3) is 11.5 Å². The van der Waals surface area contributed by atoms with Crippen molar-refractivity contribution in [1.29, 1.82) is 0 Å². The molecule has 0 aliphatic carbocycles. The van der Waals surface area contributed by atoms with Crippen molar-refractivity contribution >= 4 is 35.0 Å². The highest BCUT2D eigenvalue weighted by Crippen LogP contribution is 2.24. The molecule has 3 rings (SSSR count). The number of rotatable bonds is 5. The topological polar surface area (TPSA) is 68.0 Å². The van der Waals surface area contributed by atoms with Crippen molar-refractivity contribution in [3.63, 3.8) is 0 Å². The average molecular weight is 378 g/mol. The van der Waals surface area contributed by atoms with E-state index in [1.54, 1.807) is 43.3 Å². The third-order valence-corrected chi connectivity index (χ3v) is 4.35. The zero-order valence-corrected chi connectivity index (χ0v) is 14.7. The molecule has 0 unspecified atom stereocenters. The highest BCUT2D eigenvalue weighted by Gasteiger charge is 2.12. The molecule has 0 spiro atoms. The lowest BCUT2D eigenvalue weighted by atomic mass is 10.2. The number of aromatic nitrogens is 2. The summed E-state index contributed by atoms with van der Waals surface area (Å²) in [6.07, 6.45) is 0. The number of nitrogens with one attached hydrogen (secondary N) is 1. The normalized spacial score (nSPS) is 10.7. The molecule has 1 heterocycles. The summed E-state index contributed by atoms with van der Waals surface area (Å²) < 4.78 is 19.0. The van der Waals surface area contributed by atoms with Gasteiger partial charge in [0.05, 0.1) is 5.75 Å². The van der Waals surface area contributed by atoms with Gasteiger partial charge in [-0.3, -0.25) is 4.79 Å². The lowest BCUT2D eigenvalue weighted by Gasteiger charge is -2.05. The molecule has 1 N–H and O–H groups in total. The summed E-state index contributed by atoms with van der Waals surface area (Å²) in [7, 11) is 0. The van der Waals surface area contributed by atoms with Gasteiger partial charge in [0.25, 0.3) is 5.22 Å². The Morgan fingerprint density at radius 3 is 2.72 bits per heavy atom. The van der Waals surface area contributed by atoms with E-state index in [0.29, 0.717) is 22.2 Å². The molecule has 0 aliphatic rings. The zero-order chi connectivity index (χ0) is 17.8. The van der Waals surface area contributed by atoms with Gasteiger partial charge in [-0.25, -0.2) is 4.39 Å². The standard InChI is InChI=1S/C17H13ClFN3O2S/c1-10-2-7-13(8-14(10)19)20-15(23)9-25-17-22-21-16(24-17)11-3-5-12(18)6-4-11/h2-8H,9H2,1H3,(H,20,23). The van der Waals surface area contributed by atoms with Crippen LogP contribution in [0, 0.1) is 12.7 Å². The maximum absolute atomic E-state index is 13.5. The highest BCUT2D eigenvalue weighted by atomic mass is 35.5. The van der Waals surface area contributed by atoms with Crippen LogP contribution in [0.1, 0.15) is 5.56 Å². The molecule has 1 aromatic heterocycles. The summed E-state index contributed by atoms with van der Waals surface area (Å²) in [6.45, 7) is 1.66. The lowest BCUT2D eigenvalue weighted by molar-refractivity contribution is -0.113. The Balaban J connectivity index is 1.57. The summed E-state index contributed by atoms with van der Waals surface area (Å²) in [5, 5.41) is 11.3. The Bertz CT molecular complexity index is 899. The molecule has 0 atom stereocenters. The molecule has 0 saturated carbocycles. The van der Waals surface area contributed by atoms with E-state index in [9.17, 15) is 9.18 Å². The number of carbonyl (C=O) groups is 1. The number of aryl methyl sites for hydroxylation is 1. The third-order valence-electron chi connectivity index (χ3n) is 3.28. The maximum Gasteiger partial charge on any atom is 0.277 e. The van der Waals surface area contributed by atoms with Crippen molar-refractivity contribution in [3.8, 4) is 11.5 Å². The second-order valence-corrected chi connectivity index (χ2v) is 6.54. The monoisotopic (exact) mass is 377 g/mol. The van der Waals surface area contributed by atoms with Crippen molar-refractivity contribution < 1.29 is 13.6 Å². The maximum atomic E-state index is 13.5.